The molecule has 1 aliphatic heterocycles. The second kappa shape index (κ2) is 9.65. The van der Waals surface area contributed by atoms with Crippen LogP contribution in [0.25, 0.3) is 0 Å². The molecular weight excluding hydrogens is 421 g/mol. The number of rotatable bonds is 6. The number of anilines is 1. The number of piperazine rings is 1. The molecule has 0 bridgehead atoms. The molecule has 1 aromatic carbocycles. The maximum absolute atomic E-state index is 13.9. The summed E-state index contributed by atoms with van der Waals surface area (Å²) in [6, 6.07) is 5.49. The average Bonchev–Trinajstić information content (AvgIpc) is 2.96. The highest BCUT2D eigenvalue weighted by Gasteiger charge is 2.51. The Morgan fingerprint density at radius 2 is 1.90 bits per heavy atom. The predicted octanol–water partition coefficient (Wildman–Crippen LogP) is 2.81. The highest BCUT2D eigenvalue weighted by molar-refractivity contribution is 7.89. The number of benzene rings is 1. The molecule has 1 atom stereocenters. The number of carbonyl (C=O) groups is 2. The van der Waals surface area contributed by atoms with Crippen LogP contribution in [0, 0.1) is 5.82 Å². The Morgan fingerprint density at radius 1 is 1.23 bits per heavy atom. The van der Waals surface area contributed by atoms with Crippen molar-refractivity contribution in [1.82, 2.24) is 9.62 Å². The van der Waals surface area contributed by atoms with Crippen LogP contribution in [0.2, 0.25) is 0 Å². The minimum atomic E-state index is -3.69. The molecule has 172 valence electrons. The van der Waals surface area contributed by atoms with Gasteiger partial charge in [-0.1, -0.05) is 38.7 Å². The van der Waals surface area contributed by atoms with Crippen LogP contribution >= 0.6 is 0 Å². The highest BCUT2D eigenvalue weighted by atomic mass is 32.2. The topological polar surface area (TPSA) is 86.8 Å². The summed E-state index contributed by atoms with van der Waals surface area (Å²) in [5.74, 6) is -1.58. The van der Waals surface area contributed by atoms with E-state index in [1.165, 1.54) is 23.1 Å². The summed E-state index contributed by atoms with van der Waals surface area (Å²) in [4.78, 5) is 27.9. The zero-order chi connectivity index (χ0) is 22.6. The third-order valence-corrected chi connectivity index (χ3v) is 8.11. The predicted molar refractivity (Wildman–Crippen MR) is 118 cm³/mol. The standard InChI is InChI=1S/C22H32FN3O4S/c1-3-13-31(29,30)25-15-20(27)26(19-12-8-9-17(23)14-19)22(2,16-25)21(28)24-18-10-6-4-5-7-11-18/h8-9,12,14,18H,3-7,10-11,13,15-16H2,1-2H3,(H,24,28). The van der Waals surface area contributed by atoms with Gasteiger partial charge in [-0.2, -0.15) is 4.31 Å². The van der Waals surface area contributed by atoms with Crippen LogP contribution in [0.4, 0.5) is 10.1 Å². The Kier molecular flexibility index (Phi) is 7.36. The molecule has 7 nitrogen and oxygen atoms in total. The van der Waals surface area contributed by atoms with Gasteiger partial charge in [0, 0.05) is 18.3 Å². The molecule has 9 heteroatoms. The zero-order valence-electron chi connectivity index (χ0n) is 18.3. The second-order valence-electron chi connectivity index (χ2n) is 8.73. The van der Waals surface area contributed by atoms with Gasteiger partial charge < -0.3 is 5.32 Å². The average molecular weight is 454 g/mol. The summed E-state index contributed by atoms with van der Waals surface area (Å²) in [7, 11) is -3.69. The summed E-state index contributed by atoms with van der Waals surface area (Å²) >= 11 is 0. The molecule has 1 saturated carbocycles. The lowest BCUT2D eigenvalue weighted by Crippen LogP contribution is -2.71. The Balaban J connectivity index is 1.97. The van der Waals surface area contributed by atoms with Crippen LogP contribution in [0.3, 0.4) is 0 Å². The van der Waals surface area contributed by atoms with Gasteiger partial charge in [0.1, 0.15) is 11.4 Å². The number of carbonyl (C=O) groups excluding carboxylic acids is 2. The van der Waals surface area contributed by atoms with E-state index >= 15 is 0 Å². The van der Waals surface area contributed by atoms with Crippen molar-refractivity contribution >= 4 is 27.5 Å². The molecule has 2 amide bonds. The first kappa shape index (κ1) is 23.7. The lowest BCUT2D eigenvalue weighted by molar-refractivity contribution is -0.133. The van der Waals surface area contributed by atoms with E-state index in [4.69, 9.17) is 0 Å². The lowest BCUT2D eigenvalue weighted by atomic mass is 9.93. The smallest absolute Gasteiger partial charge is 0.247 e. The molecule has 0 aromatic heterocycles. The van der Waals surface area contributed by atoms with Crippen LogP contribution in [-0.2, 0) is 19.6 Å². The van der Waals surface area contributed by atoms with Crippen molar-refractivity contribution in [2.75, 3.05) is 23.7 Å². The number of halogens is 1. The van der Waals surface area contributed by atoms with Crippen molar-refractivity contribution in [3.63, 3.8) is 0 Å². The number of nitrogens with zero attached hydrogens (tertiary/aromatic N) is 2. The molecule has 2 fully saturated rings. The summed E-state index contributed by atoms with van der Waals surface area (Å²) in [5, 5.41) is 3.06. The molecule has 1 heterocycles. The Bertz CT molecular complexity index is 915. The van der Waals surface area contributed by atoms with Gasteiger partial charge in [-0.3, -0.25) is 14.5 Å². The molecule has 3 rings (SSSR count). The van der Waals surface area contributed by atoms with Crippen molar-refractivity contribution in [2.45, 2.75) is 70.4 Å². The van der Waals surface area contributed by atoms with Gasteiger partial charge in [-0.25, -0.2) is 12.8 Å². The molecule has 1 aromatic rings. The number of sulfonamides is 1. The van der Waals surface area contributed by atoms with E-state index < -0.39 is 33.2 Å². The SMILES string of the molecule is CCCS(=O)(=O)N1CC(=O)N(c2cccc(F)c2)C(C)(C(=O)NC2CCCCCC2)C1. The third kappa shape index (κ3) is 5.26. The zero-order valence-corrected chi connectivity index (χ0v) is 19.1. The van der Waals surface area contributed by atoms with Gasteiger partial charge in [-0.05, 0) is 44.4 Å². The minimum absolute atomic E-state index is 0.0149. The van der Waals surface area contributed by atoms with Gasteiger partial charge in [0.2, 0.25) is 21.8 Å². The van der Waals surface area contributed by atoms with E-state index in [9.17, 15) is 22.4 Å². The third-order valence-electron chi connectivity index (χ3n) is 6.14. The number of hydrogen-bond donors (Lipinski definition) is 1. The van der Waals surface area contributed by atoms with Gasteiger partial charge in [0.15, 0.2) is 0 Å². The van der Waals surface area contributed by atoms with Crippen LogP contribution in [0.5, 0.6) is 0 Å². The van der Waals surface area contributed by atoms with E-state index in [0.29, 0.717) is 6.42 Å². The number of hydrogen-bond acceptors (Lipinski definition) is 4. The fraction of sp³-hybridized carbons (Fsp3) is 0.636. The first-order chi connectivity index (χ1) is 14.7. The van der Waals surface area contributed by atoms with E-state index in [1.807, 2.05) is 0 Å². The van der Waals surface area contributed by atoms with Gasteiger partial charge in [-0.15, -0.1) is 0 Å². The molecule has 1 aliphatic carbocycles. The van der Waals surface area contributed by atoms with E-state index in [0.717, 1.165) is 42.8 Å². The summed E-state index contributed by atoms with van der Waals surface area (Å²) in [5.41, 5.74) is -1.24. The first-order valence-electron chi connectivity index (χ1n) is 11.0. The van der Waals surface area contributed by atoms with Crippen molar-refractivity contribution in [3.05, 3.63) is 30.1 Å². The highest BCUT2D eigenvalue weighted by Crippen LogP contribution is 2.32. The monoisotopic (exact) mass is 453 g/mol. The van der Waals surface area contributed by atoms with E-state index in [1.54, 1.807) is 19.9 Å². The van der Waals surface area contributed by atoms with Crippen molar-refractivity contribution in [3.8, 4) is 0 Å². The summed E-state index contributed by atoms with van der Waals surface area (Å²) in [6.45, 7) is 2.77. The largest absolute Gasteiger partial charge is 0.351 e. The van der Waals surface area contributed by atoms with Crippen molar-refractivity contribution in [1.29, 1.82) is 0 Å². The summed E-state index contributed by atoms with van der Waals surface area (Å²) < 4.78 is 40.5. The van der Waals surface area contributed by atoms with Crippen LogP contribution < -0.4 is 10.2 Å². The molecular formula is C22H32FN3O4S. The molecule has 2 aliphatic rings. The van der Waals surface area contributed by atoms with E-state index in [2.05, 4.69) is 5.32 Å². The van der Waals surface area contributed by atoms with Gasteiger partial charge in [0.05, 0.1) is 12.3 Å². The fourth-order valence-electron chi connectivity index (χ4n) is 4.53. The second-order valence-corrected chi connectivity index (χ2v) is 10.8. The molecule has 1 N–H and O–H groups in total. The van der Waals surface area contributed by atoms with Crippen molar-refractivity contribution < 1.29 is 22.4 Å². The number of amides is 2. The maximum atomic E-state index is 13.9. The van der Waals surface area contributed by atoms with Crippen LogP contribution in [0.15, 0.2) is 24.3 Å². The maximum Gasteiger partial charge on any atom is 0.247 e. The molecule has 31 heavy (non-hydrogen) atoms. The normalized spacial score (nSPS) is 24.1. The van der Waals surface area contributed by atoms with Crippen LogP contribution in [0.1, 0.15) is 58.8 Å². The Hall–Kier alpha value is -2.00. The molecule has 1 saturated heterocycles. The summed E-state index contributed by atoms with van der Waals surface area (Å²) in [6.07, 6.45) is 6.41. The van der Waals surface area contributed by atoms with Crippen LogP contribution in [-0.4, -0.2) is 55.0 Å². The van der Waals surface area contributed by atoms with Gasteiger partial charge in [0.25, 0.3) is 0 Å². The molecule has 0 spiro atoms. The molecule has 1 unspecified atom stereocenters. The van der Waals surface area contributed by atoms with Gasteiger partial charge >= 0.3 is 0 Å². The quantitative estimate of drug-likeness (QED) is 0.671. The Labute approximate surface area is 184 Å². The first-order valence-corrected chi connectivity index (χ1v) is 12.7. The Morgan fingerprint density at radius 3 is 2.52 bits per heavy atom. The fourth-order valence-corrected chi connectivity index (χ4v) is 6.06. The minimum Gasteiger partial charge on any atom is -0.351 e. The van der Waals surface area contributed by atoms with E-state index in [-0.39, 0.29) is 30.6 Å². The lowest BCUT2D eigenvalue weighted by Gasteiger charge is -2.47. The molecule has 0 radical (unpaired) electrons. The van der Waals surface area contributed by atoms with Crippen molar-refractivity contribution in [2.24, 2.45) is 0 Å². The number of nitrogens with one attached hydrogen (secondary N) is 1.